The SMILES string of the molecule is O=C(NCc1cnc2[nH]ccc2c1)N1CC(COc2ccc(C(F)(F)F)cc2)C1. The van der Waals surface area contributed by atoms with Crippen molar-refractivity contribution in [3.8, 4) is 5.75 Å². The molecule has 0 unspecified atom stereocenters. The van der Waals surface area contributed by atoms with Crippen LogP contribution in [0.3, 0.4) is 0 Å². The van der Waals surface area contributed by atoms with Crippen molar-refractivity contribution in [3.63, 3.8) is 0 Å². The Bertz CT molecular complexity index is 995. The number of benzene rings is 1. The number of aromatic amines is 1. The lowest BCUT2D eigenvalue weighted by Gasteiger charge is -2.38. The van der Waals surface area contributed by atoms with Crippen LogP contribution in [0.25, 0.3) is 11.0 Å². The predicted octanol–water partition coefficient (Wildman–Crippen LogP) is 3.80. The lowest BCUT2D eigenvalue weighted by atomic mass is 10.0. The second kappa shape index (κ2) is 7.65. The average Bonchev–Trinajstić information content (AvgIpc) is 3.12. The first-order valence-electron chi connectivity index (χ1n) is 9.13. The van der Waals surface area contributed by atoms with Gasteiger partial charge in [0.05, 0.1) is 12.2 Å². The minimum atomic E-state index is -4.36. The van der Waals surface area contributed by atoms with Gasteiger partial charge in [-0.3, -0.25) is 0 Å². The van der Waals surface area contributed by atoms with Crippen molar-refractivity contribution in [2.75, 3.05) is 19.7 Å². The fraction of sp³-hybridized carbons (Fsp3) is 0.300. The molecule has 0 radical (unpaired) electrons. The quantitative estimate of drug-likeness (QED) is 0.680. The number of alkyl halides is 3. The monoisotopic (exact) mass is 404 g/mol. The van der Waals surface area contributed by atoms with Gasteiger partial charge in [-0.2, -0.15) is 13.2 Å². The first-order chi connectivity index (χ1) is 13.9. The molecule has 152 valence electrons. The molecule has 29 heavy (non-hydrogen) atoms. The molecule has 0 aliphatic carbocycles. The van der Waals surface area contributed by atoms with E-state index in [1.807, 2.05) is 18.3 Å². The van der Waals surface area contributed by atoms with Crippen molar-refractivity contribution < 1.29 is 22.7 Å². The van der Waals surface area contributed by atoms with E-state index in [1.165, 1.54) is 12.1 Å². The Morgan fingerprint density at radius 1 is 1.24 bits per heavy atom. The summed E-state index contributed by atoms with van der Waals surface area (Å²) in [6.45, 7) is 1.82. The van der Waals surface area contributed by atoms with E-state index in [1.54, 1.807) is 11.1 Å². The molecule has 2 N–H and O–H groups in total. The second-order valence-corrected chi connectivity index (χ2v) is 7.02. The first kappa shape index (κ1) is 19.1. The largest absolute Gasteiger partial charge is 0.493 e. The highest BCUT2D eigenvalue weighted by Crippen LogP contribution is 2.30. The zero-order valence-electron chi connectivity index (χ0n) is 15.4. The van der Waals surface area contributed by atoms with Crippen LogP contribution in [0.15, 0.2) is 48.8 Å². The van der Waals surface area contributed by atoms with E-state index < -0.39 is 11.7 Å². The molecular formula is C20H19F3N4O2. The molecule has 6 nitrogen and oxygen atoms in total. The number of amides is 2. The van der Waals surface area contributed by atoms with Gasteiger partial charge in [-0.1, -0.05) is 0 Å². The summed E-state index contributed by atoms with van der Waals surface area (Å²) in [5.41, 5.74) is 1.01. The molecule has 1 aliphatic rings. The standard InChI is InChI=1S/C20H19F3N4O2/c21-20(22,23)16-1-3-17(4-2-16)29-12-14-10-27(11-14)19(28)26-9-13-7-15-5-6-24-18(15)25-8-13/h1-8,14H,9-12H2,(H,24,25)(H,26,28). The summed E-state index contributed by atoms with van der Waals surface area (Å²) in [6.07, 6.45) is -0.827. The number of carbonyl (C=O) groups is 1. The van der Waals surface area contributed by atoms with Gasteiger partial charge in [0.1, 0.15) is 11.4 Å². The number of halogens is 3. The molecule has 0 atom stereocenters. The molecule has 4 rings (SSSR count). The lowest BCUT2D eigenvalue weighted by molar-refractivity contribution is -0.137. The minimum Gasteiger partial charge on any atom is -0.493 e. The number of carbonyl (C=O) groups excluding carboxylic acids is 1. The van der Waals surface area contributed by atoms with E-state index in [-0.39, 0.29) is 11.9 Å². The van der Waals surface area contributed by atoms with E-state index in [0.717, 1.165) is 28.7 Å². The number of rotatable bonds is 5. The molecule has 2 amide bonds. The number of likely N-dealkylation sites (tertiary alicyclic amines) is 1. The van der Waals surface area contributed by atoms with Crippen LogP contribution >= 0.6 is 0 Å². The zero-order chi connectivity index (χ0) is 20.4. The van der Waals surface area contributed by atoms with E-state index in [2.05, 4.69) is 15.3 Å². The Morgan fingerprint density at radius 3 is 2.72 bits per heavy atom. The van der Waals surface area contributed by atoms with E-state index >= 15 is 0 Å². The maximum atomic E-state index is 12.6. The normalized spacial score (nSPS) is 14.7. The van der Waals surface area contributed by atoms with Crippen molar-refractivity contribution in [1.29, 1.82) is 0 Å². The van der Waals surface area contributed by atoms with Gasteiger partial charge in [0.15, 0.2) is 0 Å². The van der Waals surface area contributed by atoms with E-state index in [4.69, 9.17) is 4.74 Å². The first-order valence-corrected chi connectivity index (χ1v) is 9.13. The molecule has 1 fully saturated rings. The van der Waals surface area contributed by atoms with Crippen LogP contribution in [0.1, 0.15) is 11.1 Å². The van der Waals surface area contributed by atoms with Crippen LogP contribution in [0.4, 0.5) is 18.0 Å². The van der Waals surface area contributed by atoms with Gasteiger partial charge in [0.25, 0.3) is 0 Å². The number of aromatic nitrogens is 2. The van der Waals surface area contributed by atoms with Crippen molar-refractivity contribution in [3.05, 3.63) is 59.9 Å². The fourth-order valence-electron chi connectivity index (χ4n) is 3.17. The Labute approximate surface area is 164 Å². The summed E-state index contributed by atoms with van der Waals surface area (Å²) >= 11 is 0. The van der Waals surface area contributed by atoms with Crippen LogP contribution in [0.2, 0.25) is 0 Å². The van der Waals surface area contributed by atoms with Crippen molar-refractivity contribution >= 4 is 17.1 Å². The van der Waals surface area contributed by atoms with Crippen LogP contribution < -0.4 is 10.1 Å². The summed E-state index contributed by atoms with van der Waals surface area (Å²) < 4.78 is 43.2. The average molecular weight is 404 g/mol. The number of pyridine rings is 1. The molecule has 0 spiro atoms. The summed E-state index contributed by atoms with van der Waals surface area (Å²) in [5, 5.41) is 3.85. The van der Waals surface area contributed by atoms with Gasteiger partial charge in [-0.25, -0.2) is 9.78 Å². The van der Waals surface area contributed by atoms with Gasteiger partial charge in [0, 0.05) is 43.3 Å². The molecular weight excluding hydrogens is 385 g/mol. The van der Waals surface area contributed by atoms with Gasteiger partial charge in [0.2, 0.25) is 0 Å². The van der Waals surface area contributed by atoms with E-state index in [0.29, 0.717) is 32.0 Å². The third-order valence-corrected chi connectivity index (χ3v) is 4.81. The number of H-pyrrole nitrogens is 1. The zero-order valence-corrected chi connectivity index (χ0v) is 15.4. The molecule has 9 heteroatoms. The molecule has 3 aromatic rings. The van der Waals surface area contributed by atoms with Crippen molar-refractivity contribution in [2.45, 2.75) is 12.7 Å². The van der Waals surface area contributed by atoms with Crippen molar-refractivity contribution in [2.24, 2.45) is 5.92 Å². The topological polar surface area (TPSA) is 70.2 Å². The smallest absolute Gasteiger partial charge is 0.416 e. The third kappa shape index (κ3) is 4.44. The van der Waals surface area contributed by atoms with Crippen LogP contribution in [-0.2, 0) is 12.7 Å². The molecule has 0 bridgehead atoms. The van der Waals surface area contributed by atoms with Crippen LogP contribution in [0, 0.1) is 5.92 Å². The third-order valence-electron chi connectivity index (χ3n) is 4.81. The number of fused-ring (bicyclic) bond motifs is 1. The number of ether oxygens (including phenoxy) is 1. The maximum absolute atomic E-state index is 12.6. The molecule has 1 aromatic carbocycles. The highest BCUT2D eigenvalue weighted by Gasteiger charge is 2.32. The minimum absolute atomic E-state index is 0.154. The highest BCUT2D eigenvalue weighted by molar-refractivity contribution is 5.77. The lowest BCUT2D eigenvalue weighted by Crippen LogP contribution is -2.55. The number of hydrogen-bond acceptors (Lipinski definition) is 3. The summed E-state index contributed by atoms with van der Waals surface area (Å²) in [7, 11) is 0. The molecule has 3 heterocycles. The number of nitrogens with one attached hydrogen (secondary N) is 2. The number of urea groups is 1. The Hall–Kier alpha value is -3.23. The second-order valence-electron chi connectivity index (χ2n) is 7.02. The molecule has 2 aromatic heterocycles. The molecule has 1 saturated heterocycles. The highest BCUT2D eigenvalue weighted by atomic mass is 19.4. The molecule has 1 aliphatic heterocycles. The fourth-order valence-corrected chi connectivity index (χ4v) is 3.17. The summed E-state index contributed by atoms with van der Waals surface area (Å²) in [6, 6.07) is 8.33. The van der Waals surface area contributed by atoms with Crippen molar-refractivity contribution in [1.82, 2.24) is 20.2 Å². The maximum Gasteiger partial charge on any atom is 0.416 e. The van der Waals surface area contributed by atoms with Gasteiger partial charge in [-0.15, -0.1) is 0 Å². The Kier molecular flexibility index (Phi) is 5.04. The molecule has 0 saturated carbocycles. The predicted molar refractivity (Wildman–Crippen MR) is 100 cm³/mol. The van der Waals surface area contributed by atoms with Gasteiger partial charge < -0.3 is 19.9 Å². The van der Waals surface area contributed by atoms with Gasteiger partial charge >= 0.3 is 12.2 Å². The summed E-state index contributed by atoms with van der Waals surface area (Å²) in [4.78, 5) is 21.2. The Morgan fingerprint density at radius 2 is 2.00 bits per heavy atom. The van der Waals surface area contributed by atoms with Crippen LogP contribution in [-0.4, -0.2) is 40.6 Å². The summed E-state index contributed by atoms with van der Waals surface area (Å²) in [5.74, 6) is 0.537. The van der Waals surface area contributed by atoms with E-state index in [9.17, 15) is 18.0 Å². The Balaban J connectivity index is 1.19. The van der Waals surface area contributed by atoms with Crippen LogP contribution in [0.5, 0.6) is 5.75 Å². The number of hydrogen-bond donors (Lipinski definition) is 2. The number of nitrogens with zero attached hydrogens (tertiary/aromatic N) is 2. The van der Waals surface area contributed by atoms with Gasteiger partial charge in [-0.05, 0) is 42.0 Å².